The summed E-state index contributed by atoms with van der Waals surface area (Å²) in [6, 6.07) is 11.4. The molecule has 1 saturated carbocycles. The third-order valence-electron chi connectivity index (χ3n) is 7.96. The number of hydrogen-bond acceptors (Lipinski definition) is 4. The van der Waals surface area contributed by atoms with Crippen molar-refractivity contribution in [2.24, 2.45) is 5.92 Å². The van der Waals surface area contributed by atoms with E-state index in [1.54, 1.807) is 17.6 Å². The number of hydrogen-bond donors (Lipinski definition) is 3. The number of carbonyl (C=O) groups excluding carboxylic acids is 1. The number of nitrogens with zero attached hydrogens (tertiary/aromatic N) is 2. The van der Waals surface area contributed by atoms with E-state index in [0.29, 0.717) is 24.4 Å². The third-order valence-corrected chi connectivity index (χ3v) is 10.0. The number of benzene rings is 2. The zero-order valence-electron chi connectivity index (χ0n) is 25.6. The molecule has 1 heterocycles. The van der Waals surface area contributed by atoms with Gasteiger partial charge in [0.2, 0.25) is 0 Å². The minimum atomic E-state index is -4.67. The smallest absolute Gasteiger partial charge is 0.394 e. The Labute approximate surface area is 254 Å². The van der Waals surface area contributed by atoms with Gasteiger partial charge < -0.3 is 20.1 Å². The van der Waals surface area contributed by atoms with Crippen LogP contribution in [0.3, 0.4) is 0 Å². The van der Waals surface area contributed by atoms with E-state index in [1.807, 2.05) is 52.0 Å². The Bertz CT molecular complexity index is 1490. The van der Waals surface area contributed by atoms with Gasteiger partial charge in [0.05, 0.1) is 24.3 Å². The average Bonchev–Trinajstić information content (AvgIpc) is 3.75. The van der Waals surface area contributed by atoms with E-state index in [9.17, 15) is 28.2 Å². The van der Waals surface area contributed by atoms with Crippen LogP contribution in [0.1, 0.15) is 104 Å². The number of aliphatic hydroxyl groups is 2. The molecule has 3 atom stereocenters. The number of imidazole rings is 1. The Kier molecular flexibility index (Phi) is 9.93. The number of nitrogens with one attached hydrogen (secondary N) is 1. The predicted octanol–water partition coefficient (Wildman–Crippen LogP) is 6.93. The van der Waals surface area contributed by atoms with Crippen molar-refractivity contribution in [3.8, 4) is 0 Å². The van der Waals surface area contributed by atoms with Gasteiger partial charge in [0.25, 0.3) is 5.91 Å². The van der Waals surface area contributed by atoms with Crippen molar-refractivity contribution in [2.75, 3.05) is 12.4 Å². The standard InChI is InChI=1S/C33H42F3N3O3S/c1-7-43(8-2)24-16-14-21(15-17-24)26(19-40)37-30(42)28-20(3)39(31(38-28)32(4,5)6)18-23-10-9-11-25(27(23)33(34,35)36)29(41)22-12-13-22/h7,9-11,14-17,22,26,29,40-41H,8,12-13,18-19H2,1-6H3,(H,37,42)/t26-,29?,43?/m0/s1. The van der Waals surface area contributed by atoms with Gasteiger partial charge in [0, 0.05) is 22.5 Å². The lowest BCUT2D eigenvalue weighted by molar-refractivity contribution is -0.140. The van der Waals surface area contributed by atoms with Gasteiger partial charge in [-0.3, -0.25) is 4.79 Å². The summed E-state index contributed by atoms with van der Waals surface area (Å²) in [6.07, 6.45) is -4.45. The highest BCUT2D eigenvalue weighted by molar-refractivity contribution is 8.15. The predicted molar refractivity (Wildman–Crippen MR) is 166 cm³/mol. The zero-order valence-corrected chi connectivity index (χ0v) is 26.4. The van der Waals surface area contributed by atoms with E-state index < -0.39 is 35.2 Å². The molecule has 234 valence electrons. The lowest BCUT2D eigenvalue weighted by atomic mass is 9.93. The van der Waals surface area contributed by atoms with Crippen LogP contribution in [0.5, 0.6) is 0 Å². The Morgan fingerprint density at radius 3 is 2.33 bits per heavy atom. The molecule has 43 heavy (non-hydrogen) atoms. The average molecular weight is 618 g/mol. The summed E-state index contributed by atoms with van der Waals surface area (Å²) in [4.78, 5) is 19.4. The van der Waals surface area contributed by atoms with Crippen molar-refractivity contribution in [1.29, 1.82) is 0 Å². The maximum Gasteiger partial charge on any atom is 0.417 e. The summed E-state index contributed by atoms with van der Waals surface area (Å²) in [7, 11) is 0.0227. The van der Waals surface area contributed by atoms with E-state index in [2.05, 4.69) is 22.6 Å². The van der Waals surface area contributed by atoms with Gasteiger partial charge in [-0.2, -0.15) is 23.7 Å². The van der Waals surface area contributed by atoms with Gasteiger partial charge >= 0.3 is 6.18 Å². The Hall–Kier alpha value is -2.95. The molecule has 0 bridgehead atoms. The van der Waals surface area contributed by atoms with Crippen LogP contribution in [-0.4, -0.2) is 43.4 Å². The molecule has 1 aromatic heterocycles. The van der Waals surface area contributed by atoms with Crippen molar-refractivity contribution < 1.29 is 28.2 Å². The highest BCUT2D eigenvalue weighted by atomic mass is 32.2. The van der Waals surface area contributed by atoms with Crippen LogP contribution >= 0.6 is 10.5 Å². The number of halogens is 3. The molecule has 0 saturated heterocycles. The number of carbonyl (C=O) groups is 1. The number of amides is 1. The summed E-state index contributed by atoms with van der Waals surface area (Å²) in [5.41, 5.74) is -0.275. The van der Waals surface area contributed by atoms with Crippen molar-refractivity contribution in [3.63, 3.8) is 0 Å². The molecule has 6 nitrogen and oxygen atoms in total. The largest absolute Gasteiger partial charge is 0.417 e. The number of aliphatic hydroxyl groups excluding tert-OH is 2. The van der Waals surface area contributed by atoms with Crippen LogP contribution in [-0.2, 0) is 18.1 Å². The van der Waals surface area contributed by atoms with E-state index in [1.165, 1.54) is 17.0 Å². The van der Waals surface area contributed by atoms with Crippen LogP contribution < -0.4 is 5.32 Å². The maximum absolute atomic E-state index is 14.5. The van der Waals surface area contributed by atoms with Crippen LogP contribution in [0.25, 0.3) is 0 Å². The fraction of sp³-hybridized carbons (Fsp3) is 0.485. The molecule has 0 radical (unpaired) electrons. The summed E-state index contributed by atoms with van der Waals surface area (Å²) >= 11 is 0. The topological polar surface area (TPSA) is 87.4 Å². The Morgan fingerprint density at radius 1 is 1.16 bits per heavy atom. The molecule has 1 fully saturated rings. The van der Waals surface area contributed by atoms with Gasteiger partial charge in [-0.25, -0.2) is 4.98 Å². The molecular weight excluding hydrogens is 575 g/mol. The molecule has 1 aliphatic carbocycles. The summed E-state index contributed by atoms with van der Waals surface area (Å²) in [6.45, 7) is 11.0. The minimum absolute atomic E-state index is 0.00593. The van der Waals surface area contributed by atoms with Crippen molar-refractivity contribution in [3.05, 3.63) is 81.9 Å². The molecule has 3 N–H and O–H groups in total. The first kappa shape index (κ1) is 33.0. The molecular formula is C33H42F3N3O3S. The highest BCUT2D eigenvalue weighted by Gasteiger charge is 2.41. The number of rotatable bonds is 10. The molecule has 1 aliphatic rings. The highest BCUT2D eigenvalue weighted by Crippen LogP contribution is 2.46. The fourth-order valence-corrected chi connectivity index (χ4v) is 6.92. The van der Waals surface area contributed by atoms with E-state index in [4.69, 9.17) is 0 Å². The van der Waals surface area contributed by atoms with E-state index in [0.717, 1.165) is 11.3 Å². The summed E-state index contributed by atoms with van der Waals surface area (Å²) < 4.78 is 45.0. The van der Waals surface area contributed by atoms with Crippen molar-refractivity contribution in [2.45, 2.75) is 89.6 Å². The van der Waals surface area contributed by atoms with Crippen molar-refractivity contribution >= 4 is 21.8 Å². The van der Waals surface area contributed by atoms with Gasteiger partial charge in [-0.05, 0) is 67.2 Å². The van der Waals surface area contributed by atoms with Crippen LogP contribution in [0.4, 0.5) is 13.2 Å². The second kappa shape index (κ2) is 13.0. The molecule has 10 heteroatoms. The lowest BCUT2D eigenvalue weighted by Gasteiger charge is -2.24. The number of alkyl halides is 3. The monoisotopic (exact) mass is 617 g/mol. The van der Waals surface area contributed by atoms with Crippen molar-refractivity contribution in [1.82, 2.24) is 14.9 Å². The fourth-order valence-electron chi connectivity index (χ4n) is 5.50. The Morgan fingerprint density at radius 2 is 1.81 bits per heavy atom. The SMILES string of the molecule is C/C=S(/CC)c1ccc([C@H](CO)NC(=O)c2nc(C(C)(C)C)n(Cc3cccc(C(O)C4CC4)c3C(F)(F)F)c2C)cc1. The molecule has 2 aromatic carbocycles. The first-order valence-corrected chi connectivity index (χ1v) is 16.1. The molecule has 4 rings (SSSR count). The number of aromatic nitrogens is 2. The van der Waals surface area contributed by atoms with Crippen LogP contribution in [0.2, 0.25) is 0 Å². The first-order valence-electron chi connectivity index (χ1n) is 14.7. The van der Waals surface area contributed by atoms with Crippen LogP contribution in [0, 0.1) is 12.8 Å². The molecule has 3 aromatic rings. The maximum atomic E-state index is 14.5. The lowest BCUT2D eigenvalue weighted by Crippen LogP contribution is -2.31. The summed E-state index contributed by atoms with van der Waals surface area (Å²) in [5, 5.41) is 25.9. The van der Waals surface area contributed by atoms with Gasteiger partial charge in [-0.15, -0.1) is 0 Å². The van der Waals surface area contributed by atoms with Crippen LogP contribution in [0.15, 0.2) is 47.4 Å². The molecule has 0 spiro atoms. The third kappa shape index (κ3) is 7.24. The van der Waals surface area contributed by atoms with Gasteiger partial charge in [-0.1, -0.05) is 63.4 Å². The zero-order chi connectivity index (χ0) is 31.7. The normalized spacial score (nSPS) is 16.3. The second-order valence-electron chi connectivity index (χ2n) is 12.1. The van der Waals surface area contributed by atoms with Gasteiger partial charge in [0.15, 0.2) is 0 Å². The minimum Gasteiger partial charge on any atom is -0.394 e. The first-order chi connectivity index (χ1) is 20.2. The second-order valence-corrected chi connectivity index (χ2v) is 14.5. The molecule has 1 amide bonds. The summed E-state index contributed by atoms with van der Waals surface area (Å²) in [5.74, 6) is 0.767. The van der Waals surface area contributed by atoms with Gasteiger partial charge in [0.1, 0.15) is 11.5 Å². The van der Waals surface area contributed by atoms with E-state index in [-0.39, 0.29) is 46.4 Å². The quantitative estimate of drug-likeness (QED) is 0.215. The molecule has 0 aliphatic heterocycles. The molecule has 2 unspecified atom stereocenters. The van der Waals surface area contributed by atoms with E-state index >= 15 is 0 Å². The Balaban J connectivity index is 1.69.